The molecule has 2 aromatic carbocycles. The largest absolute Gasteiger partial charge is 0.495 e. The molecular formula is C20H18N2O6S. The quantitative estimate of drug-likeness (QED) is 0.618. The van der Waals surface area contributed by atoms with Crippen LogP contribution in [0.4, 0.5) is 10.5 Å². The standard InChI is InChI=1S/C20H18N2O6S/c1-26-17-8-13-12-4-2-3-5-15(12)28-16(13)9-14(17)21-18(23)11-27-19(24)10-22-6-7-29-20(22)25/h2-5,8-9H,6-7,10-11H2,1H3,(H,21,23). The smallest absolute Gasteiger partial charge is 0.326 e. The Kier molecular flexibility index (Phi) is 5.30. The molecule has 0 atom stereocenters. The Morgan fingerprint density at radius 2 is 2.03 bits per heavy atom. The van der Waals surface area contributed by atoms with Gasteiger partial charge in [0.15, 0.2) is 6.61 Å². The molecule has 1 aliphatic heterocycles. The number of ether oxygens (including phenoxy) is 2. The van der Waals surface area contributed by atoms with E-state index in [9.17, 15) is 14.4 Å². The molecule has 29 heavy (non-hydrogen) atoms. The molecule has 2 heterocycles. The second-order valence-corrected chi connectivity index (χ2v) is 7.44. The van der Waals surface area contributed by atoms with Crippen molar-refractivity contribution in [3.8, 4) is 5.75 Å². The zero-order valence-electron chi connectivity index (χ0n) is 15.6. The number of methoxy groups -OCH3 is 1. The highest BCUT2D eigenvalue weighted by molar-refractivity contribution is 8.13. The van der Waals surface area contributed by atoms with Gasteiger partial charge in [-0.1, -0.05) is 30.0 Å². The van der Waals surface area contributed by atoms with Crippen LogP contribution >= 0.6 is 11.8 Å². The van der Waals surface area contributed by atoms with Gasteiger partial charge in [-0.3, -0.25) is 14.4 Å². The number of hydrogen-bond donors (Lipinski definition) is 1. The van der Waals surface area contributed by atoms with Gasteiger partial charge in [0, 0.05) is 29.1 Å². The first-order chi connectivity index (χ1) is 14.0. The number of carbonyl (C=O) groups is 3. The fourth-order valence-corrected chi connectivity index (χ4v) is 3.95. The molecular weight excluding hydrogens is 396 g/mol. The maximum Gasteiger partial charge on any atom is 0.326 e. The fourth-order valence-electron chi connectivity index (χ4n) is 3.12. The van der Waals surface area contributed by atoms with E-state index < -0.39 is 18.5 Å². The molecule has 0 saturated carbocycles. The third-order valence-electron chi connectivity index (χ3n) is 4.50. The molecule has 4 rings (SSSR count). The van der Waals surface area contributed by atoms with Crippen molar-refractivity contribution in [2.45, 2.75) is 0 Å². The molecule has 1 aromatic heterocycles. The van der Waals surface area contributed by atoms with E-state index in [2.05, 4.69) is 5.32 Å². The van der Waals surface area contributed by atoms with Crippen LogP contribution < -0.4 is 10.1 Å². The summed E-state index contributed by atoms with van der Waals surface area (Å²) in [6, 6.07) is 11.1. The van der Waals surface area contributed by atoms with E-state index >= 15 is 0 Å². The number of para-hydroxylation sites is 1. The Hall–Kier alpha value is -3.20. The van der Waals surface area contributed by atoms with Gasteiger partial charge < -0.3 is 24.1 Å². The molecule has 1 saturated heterocycles. The second-order valence-electron chi connectivity index (χ2n) is 6.39. The highest BCUT2D eigenvalue weighted by Crippen LogP contribution is 2.36. The van der Waals surface area contributed by atoms with Gasteiger partial charge in [0.1, 0.15) is 23.5 Å². The van der Waals surface area contributed by atoms with Crippen molar-refractivity contribution in [1.82, 2.24) is 4.90 Å². The van der Waals surface area contributed by atoms with E-state index in [1.165, 1.54) is 12.0 Å². The number of amides is 2. The zero-order valence-corrected chi connectivity index (χ0v) is 16.4. The third-order valence-corrected chi connectivity index (χ3v) is 5.39. The van der Waals surface area contributed by atoms with E-state index in [1.807, 2.05) is 24.3 Å². The number of anilines is 1. The Balaban J connectivity index is 1.44. The zero-order chi connectivity index (χ0) is 20.4. The summed E-state index contributed by atoms with van der Waals surface area (Å²) in [6.07, 6.45) is 0. The van der Waals surface area contributed by atoms with Crippen LogP contribution in [0, 0.1) is 0 Å². The SMILES string of the molecule is COc1cc2c(cc1NC(=O)COC(=O)CN1CCSC1=O)oc1ccccc12. The molecule has 2 amide bonds. The lowest BCUT2D eigenvalue weighted by molar-refractivity contribution is -0.147. The first kappa shape index (κ1) is 19.1. The van der Waals surface area contributed by atoms with Gasteiger partial charge in [0.2, 0.25) is 0 Å². The van der Waals surface area contributed by atoms with Crippen LogP contribution in [-0.4, -0.2) is 54.6 Å². The highest BCUT2D eigenvalue weighted by atomic mass is 32.2. The first-order valence-electron chi connectivity index (χ1n) is 8.91. The van der Waals surface area contributed by atoms with Crippen LogP contribution in [-0.2, 0) is 14.3 Å². The normalized spacial score (nSPS) is 13.8. The Labute approximate surface area is 170 Å². The lowest BCUT2D eigenvalue weighted by atomic mass is 10.1. The molecule has 1 aliphatic rings. The van der Waals surface area contributed by atoms with E-state index in [4.69, 9.17) is 13.9 Å². The number of esters is 1. The van der Waals surface area contributed by atoms with E-state index in [0.717, 1.165) is 28.1 Å². The van der Waals surface area contributed by atoms with Crippen molar-refractivity contribution in [3.05, 3.63) is 36.4 Å². The highest BCUT2D eigenvalue weighted by Gasteiger charge is 2.24. The number of hydrogen-bond acceptors (Lipinski definition) is 7. The maximum absolute atomic E-state index is 12.2. The number of nitrogens with zero attached hydrogens (tertiary/aromatic N) is 1. The van der Waals surface area contributed by atoms with Gasteiger partial charge in [0.25, 0.3) is 11.1 Å². The fraction of sp³-hybridized carbons (Fsp3) is 0.250. The van der Waals surface area contributed by atoms with Crippen molar-refractivity contribution in [3.63, 3.8) is 0 Å². The molecule has 0 spiro atoms. The summed E-state index contributed by atoms with van der Waals surface area (Å²) in [4.78, 5) is 37.0. The second kappa shape index (κ2) is 8.04. The van der Waals surface area contributed by atoms with Crippen LogP contribution in [0.5, 0.6) is 5.75 Å². The van der Waals surface area contributed by atoms with Crippen LogP contribution in [0.3, 0.4) is 0 Å². The van der Waals surface area contributed by atoms with Crippen molar-refractivity contribution in [2.75, 3.05) is 37.9 Å². The maximum atomic E-state index is 12.2. The van der Waals surface area contributed by atoms with Gasteiger partial charge in [0.05, 0.1) is 12.8 Å². The van der Waals surface area contributed by atoms with E-state index in [0.29, 0.717) is 29.3 Å². The monoisotopic (exact) mass is 414 g/mol. The number of fused-ring (bicyclic) bond motifs is 3. The minimum Gasteiger partial charge on any atom is -0.495 e. The van der Waals surface area contributed by atoms with Crippen LogP contribution in [0.2, 0.25) is 0 Å². The molecule has 1 N–H and O–H groups in total. The van der Waals surface area contributed by atoms with Gasteiger partial charge >= 0.3 is 5.97 Å². The Bertz CT molecular complexity index is 1110. The van der Waals surface area contributed by atoms with Gasteiger partial charge in [-0.05, 0) is 12.1 Å². The lowest BCUT2D eigenvalue weighted by Gasteiger charge is -2.14. The molecule has 0 radical (unpaired) electrons. The Morgan fingerprint density at radius 3 is 2.79 bits per heavy atom. The van der Waals surface area contributed by atoms with Gasteiger partial charge in [-0.15, -0.1) is 0 Å². The first-order valence-corrected chi connectivity index (χ1v) is 9.90. The third kappa shape index (κ3) is 4.00. The molecule has 0 bridgehead atoms. The number of carbonyl (C=O) groups excluding carboxylic acids is 3. The van der Waals surface area contributed by atoms with Gasteiger partial charge in [-0.25, -0.2) is 0 Å². The molecule has 150 valence electrons. The minimum absolute atomic E-state index is 0.157. The van der Waals surface area contributed by atoms with Crippen molar-refractivity contribution in [1.29, 1.82) is 0 Å². The predicted molar refractivity (Wildman–Crippen MR) is 109 cm³/mol. The summed E-state index contributed by atoms with van der Waals surface area (Å²) in [5.41, 5.74) is 1.74. The average molecular weight is 414 g/mol. The minimum atomic E-state index is -0.629. The topological polar surface area (TPSA) is 98.1 Å². The molecule has 0 unspecified atom stereocenters. The number of thioether (sulfide) groups is 1. The summed E-state index contributed by atoms with van der Waals surface area (Å²) >= 11 is 1.16. The lowest BCUT2D eigenvalue weighted by Crippen LogP contribution is -2.32. The van der Waals surface area contributed by atoms with E-state index in [1.54, 1.807) is 12.1 Å². The summed E-state index contributed by atoms with van der Waals surface area (Å²) in [5.74, 6) is -0.0372. The molecule has 3 aromatic rings. The molecule has 9 heteroatoms. The van der Waals surface area contributed by atoms with Crippen LogP contribution in [0.1, 0.15) is 0 Å². The summed E-state index contributed by atoms with van der Waals surface area (Å²) in [5, 5.41) is 4.33. The number of furan rings is 1. The van der Waals surface area contributed by atoms with Crippen molar-refractivity contribution in [2.24, 2.45) is 0 Å². The predicted octanol–water partition coefficient (Wildman–Crippen LogP) is 3.25. The summed E-state index contributed by atoms with van der Waals surface area (Å²) < 4.78 is 16.2. The summed E-state index contributed by atoms with van der Waals surface area (Å²) in [6.45, 7) is -0.123. The molecule has 1 fully saturated rings. The van der Waals surface area contributed by atoms with Gasteiger partial charge in [-0.2, -0.15) is 0 Å². The number of benzene rings is 2. The van der Waals surface area contributed by atoms with Crippen molar-refractivity contribution >= 4 is 56.5 Å². The molecule has 0 aliphatic carbocycles. The van der Waals surface area contributed by atoms with Crippen LogP contribution in [0.15, 0.2) is 40.8 Å². The summed E-state index contributed by atoms with van der Waals surface area (Å²) in [7, 11) is 1.50. The van der Waals surface area contributed by atoms with Crippen molar-refractivity contribution < 1.29 is 28.3 Å². The van der Waals surface area contributed by atoms with E-state index in [-0.39, 0.29) is 11.8 Å². The average Bonchev–Trinajstić information content (AvgIpc) is 3.28. The van der Waals surface area contributed by atoms with Crippen LogP contribution in [0.25, 0.3) is 21.9 Å². The Morgan fingerprint density at radius 1 is 1.21 bits per heavy atom. The number of rotatable bonds is 6. The number of nitrogens with one attached hydrogen (secondary N) is 1. The molecule has 8 nitrogen and oxygen atoms in total.